The molecule has 1 saturated heterocycles. The second-order valence-electron chi connectivity index (χ2n) is 6.66. The number of likely N-dealkylation sites (N-methyl/N-ethyl adjacent to an activating group) is 1. The van der Waals surface area contributed by atoms with E-state index in [1.54, 1.807) is 7.11 Å². The highest BCUT2D eigenvalue weighted by Crippen LogP contribution is 2.30. The van der Waals surface area contributed by atoms with Crippen molar-refractivity contribution in [2.75, 3.05) is 51.8 Å². The van der Waals surface area contributed by atoms with Crippen LogP contribution in [0, 0.1) is 5.92 Å². The Hall–Kier alpha value is -1.26. The molecule has 0 amide bonds. The van der Waals surface area contributed by atoms with Gasteiger partial charge in [0.15, 0.2) is 0 Å². The molecule has 1 N–H and O–H groups in total. The fourth-order valence-electron chi connectivity index (χ4n) is 2.76. The van der Waals surface area contributed by atoms with Gasteiger partial charge in [-0.3, -0.25) is 0 Å². The summed E-state index contributed by atoms with van der Waals surface area (Å²) < 4.78 is 5.63. The van der Waals surface area contributed by atoms with E-state index in [1.165, 1.54) is 17.7 Å². The molecule has 1 fully saturated rings. The monoisotopic (exact) mass is 305 g/mol. The van der Waals surface area contributed by atoms with Crippen molar-refractivity contribution >= 4 is 5.69 Å². The van der Waals surface area contributed by atoms with Crippen LogP contribution in [0.4, 0.5) is 5.69 Å². The maximum atomic E-state index is 5.63. The topological polar surface area (TPSA) is 27.7 Å². The van der Waals surface area contributed by atoms with Crippen LogP contribution in [0.25, 0.3) is 0 Å². The average Bonchev–Trinajstić information content (AvgIpc) is 2.52. The summed E-state index contributed by atoms with van der Waals surface area (Å²) in [5, 5.41) is 3.51. The number of benzene rings is 1. The SMILES string of the molecule is COc1cc(CNCCC(C)C)ccc1N1CCN(C)CC1. The van der Waals surface area contributed by atoms with Gasteiger partial charge < -0.3 is 19.9 Å². The molecule has 1 aromatic rings. The minimum absolute atomic E-state index is 0.752. The third-order valence-electron chi connectivity index (χ3n) is 4.32. The number of nitrogens with zero attached hydrogens (tertiary/aromatic N) is 2. The van der Waals surface area contributed by atoms with Gasteiger partial charge in [0.25, 0.3) is 0 Å². The van der Waals surface area contributed by atoms with Crippen molar-refractivity contribution in [3.05, 3.63) is 23.8 Å². The molecule has 0 unspecified atom stereocenters. The van der Waals surface area contributed by atoms with Crippen LogP contribution in [0.2, 0.25) is 0 Å². The zero-order valence-electron chi connectivity index (χ0n) is 14.6. The van der Waals surface area contributed by atoms with E-state index in [-0.39, 0.29) is 0 Å². The van der Waals surface area contributed by atoms with Crippen LogP contribution in [0.15, 0.2) is 18.2 Å². The number of ether oxygens (including phenoxy) is 1. The maximum Gasteiger partial charge on any atom is 0.142 e. The number of rotatable bonds is 7. The van der Waals surface area contributed by atoms with Crippen molar-refractivity contribution in [2.24, 2.45) is 5.92 Å². The van der Waals surface area contributed by atoms with Gasteiger partial charge in [-0.2, -0.15) is 0 Å². The van der Waals surface area contributed by atoms with Gasteiger partial charge in [0.2, 0.25) is 0 Å². The fraction of sp³-hybridized carbons (Fsp3) is 0.667. The second kappa shape index (κ2) is 8.39. The molecule has 0 saturated carbocycles. The first-order chi connectivity index (χ1) is 10.6. The van der Waals surface area contributed by atoms with Crippen LogP contribution in [0.5, 0.6) is 5.75 Å². The molecule has 0 bridgehead atoms. The quantitative estimate of drug-likeness (QED) is 0.784. The molecule has 0 aromatic heterocycles. The highest BCUT2D eigenvalue weighted by atomic mass is 16.5. The molecule has 2 rings (SSSR count). The lowest BCUT2D eigenvalue weighted by Crippen LogP contribution is -2.44. The van der Waals surface area contributed by atoms with Gasteiger partial charge in [0, 0.05) is 32.7 Å². The van der Waals surface area contributed by atoms with Gasteiger partial charge in [-0.05, 0) is 43.6 Å². The summed E-state index contributed by atoms with van der Waals surface area (Å²) >= 11 is 0. The van der Waals surface area contributed by atoms with Crippen molar-refractivity contribution in [3.8, 4) is 5.75 Å². The van der Waals surface area contributed by atoms with Crippen LogP contribution in [-0.4, -0.2) is 51.8 Å². The summed E-state index contributed by atoms with van der Waals surface area (Å²) in [6.07, 6.45) is 1.22. The molecule has 4 heteroatoms. The first kappa shape index (κ1) is 17.1. The van der Waals surface area contributed by atoms with Gasteiger partial charge in [-0.25, -0.2) is 0 Å². The van der Waals surface area contributed by atoms with E-state index in [9.17, 15) is 0 Å². The predicted octanol–water partition coefficient (Wildman–Crippen LogP) is 2.58. The van der Waals surface area contributed by atoms with E-state index in [0.717, 1.165) is 50.9 Å². The Morgan fingerprint density at radius 3 is 2.55 bits per heavy atom. The van der Waals surface area contributed by atoms with E-state index < -0.39 is 0 Å². The summed E-state index contributed by atoms with van der Waals surface area (Å²) in [6.45, 7) is 10.9. The van der Waals surface area contributed by atoms with Crippen molar-refractivity contribution < 1.29 is 4.74 Å². The highest BCUT2D eigenvalue weighted by molar-refractivity contribution is 5.60. The number of nitrogens with one attached hydrogen (secondary N) is 1. The smallest absolute Gasteiger partial charge is 0.142 e. The maximum absolute atomic E-state index is 5.63. The molecule has 1 aromatic carbocycles. The van der Waals surface area contributed by atoms with Gasteiger partial charge >= 0.3 is 0 Å². The van der Waals surface area contributed by atoms with Crippen molar-refractivity contribution in [2.45, 2.75) is 26.8 Å². The number of piperazine rings is 1. The molecule has 0 aliphatic carbocycles. The summed E-state index contributed by atoms with van der Waals surface area (Å²) in [4.78, 5) is 4.80. The van der Waals surface area contributed by atoms with Gasteiger partial charge in [0.05, 0.1) is 12.8 Å². The van der Waals surface area contributed by atoms with E-state index in [1.807, 2.05) is 0 Å². The number of methoxy groups -OCH3 is 1. The molecule has 0 atom stereocenters. The molecule has 0 radical (unpaired) electrons. The molecule has 4 nitrogen and oxygen atoms in total. The lowest BCUT2D eigenvalue weighted by atomic mass is 10.1. The third kappa shape index (κ3) is 4.89. The molecule has 22 heavy (non-hydrogen) atoms. The first-order valence-electron chi connectivity index (χ1n) is 8.41. The van der Waals surface area contributed by atoms with E-state index in [0.29, 0.717) is 0 Å². The normalized spacial score (nSPS) is 16.3. The number of hydrogen-bond donors (Lipinski definition) is 1. The summed E-state index contributed by atoms with van der Waals surface area (Å²) in [7, 11) is 3.95. The largest absolute Gasteiger partial charge is 0.495 e. The molecule has 0 spiro atoms. The molecule has 1 aliphatic rings. The minimum Gasteiger partial charge on any atom is -0.495 e. The Labute approximate surface area is 135 Å². The summed E-state index contributed by atoms with van der Waals surface area (Å²) in [5.74, 6) is 1.74. The fourth-order valence-corrected chi connectivity index (χ4v) is 2.76. The lowest BCUT2D eigenvalue weighted by Gasteiger charge is -2.34. The van der Waals surface area contributed by atoms with Crippen molar-refractivity contribution in [3.63, 3.8) is 0 Å². The first-order valence-corrected chi connectivity index (χ1v) is 8.41. The Kier molecular flexibility index (Phi) is 6.52. The zero-order chi connectivity index (χ0) is 15.9. The van der Waals surface area contributed by atoms with E-state index >= 15 is 0 Å². The Morgan fingerprint density at radius 1 is 1.18 bits per heavy atom. The third-order valence-corrected chi connectivity index (χ3v) is 4.32. The molecule has 124 valence electrons. The van der Waals surface area contributed by atoms with Gasteiger partial charge in [-0.1, -0.05) is 19.9 Å². The van der Waals surface area contributed by atoms with Gasteiger partial charge in [-0.15, -0.1) is 0 Å². The van der Waals surface area contributed by atoms with E-state index in [4.69, 9.17) is 4.74 Å². The van der Waals surface area contributed by atoms with Crippen LogP contribution in [0.1, 0.15) is 25.8 Å². The van der Waals surface area contributed by atoms with Crippen LogP contribution in [-0.2, 0) is 6.54 Å². The summed E-state index contributed by atoms with van der Waals surface area (Å²) in [6, 6.07) is 6.61. The van der Waals surface area contributed by atoms with E-state index in [2.05, 4.69) is 54.2 Å². The van der Waals surface area contributed by atoms with Crippen LogP contribution < -0.4 is 15.0 Å². The van der Waals surface area contributed by atoms with Crippen molar-refractivity contribution in [1.82, 2.24) is 10.2 Å². The Bertz CT molecular complexity index is 454. The van der Waals surface area contributed by atoms with Crippen LogP contribution in [0.3, 0.4) is 0 Å². The lowest BCUT2D eigenvalue weighted by molar-refractivity contribution is 0.311. The molecular weight excluding hydrogens is 274 g/mol. The van der Waals surface area contributed by atoms with Crippen LogP contribution >= 0.6 is 0 Å². The number of hydrogen-bond acceptors (Lipinski definition) is 4. The molecule has 1 heterocycles. The molecular formula is C18H31N3O. The summed E-state index contributed by atoms with van der Waals surface area (Å²) in [5.41, 5.74) is 2.51. The predicted molar refractivity (Wildman–Crippen MR) is 93.9 cm³/mol. The Balaban J connectivity index is 1.95. The average molecular weight is 305 g/mol. The highest BCUT2D eigenvalue weighted by Gasteiger charge is 2.17. The second-order valence-corrected chi connectivity index (χ2v) is 6.66. The molecule has 1 aliphatic heterocycles. The standard InChI is InChI=1S/C18H31N3O/c1-15(2)7-8-19-14-16-5-6-17(18(13-16)22-4)21-11-9-20(3)10-12-21/h5-6,13,15,19H,7-12,14H2,1-4H3. The van der Waals surface area contributed by atoms with Gasteiger partial charge in [0.1, 0.15) is 5.75 Å². The van der Waals surface area contributed by atoms with Crippen molar-refractivity contribution in [1.29, 1.82) is 0 Å². The number of anilines is 1. The zero-order valence-corrected chi connectivity index (χ0v) is 14.6. The Morgan fingerprint density at radius 2 is 1.91 bits per heavy atom. The minimum atomic E-state index is 0.752.